The minimum absolute atomic E-state index is 0.000522. The number of fused-ring (bicyclic) bond motifs is 1. The summed E-state index contributed by atoms with van der Waals surface area (Å²) in [6, 6.07) is 7.63. The number of aliphatic hydroxyl groups excluding tert-OH is 1. The second-order valence-corrected chi connectivity index (χ2v) is 3.80. The van der Waals surface area contributed by atoms with E-state index in [1.54, 1.807) is 6.92 Å². The van der Waals surface area contributed by atoms with Crippen molar-refractivity contribution in [3.8, 4) is 0 Å². The Morgan fingerprint density at radius 2 is 2.24 bits per heavy atom. The zero-order valence-electron chi connectivity index (χ0n) is 9.72. The van der Waals surface area contributed by atoms with Crippen molar-refractivity contribution < 1.29 is 14.6 Å². The van der Waals surface area contributed by atoms with Crippen LogP contribution < -0.4 is 0 Å². The summed E-state index contributed by atoms with van der Waals surface area (Å²) in [5.74, 6) is -0.251. The molecule has 0 bridgehead atoms. The summed E-state index contributed by atoms with van der Waals surface area (Å²) in [6.45, 7) is 2.38. The van der Waals surface area contributed by atoms with Crippen molar-refractivity contribution in [3.63, 3.8) is 0 Å². The lowest BCUT2D eigenvalue weighted by molar-refractivity contribution is -0.143. The third-order valence-electron chi connectivity index (χ3n) is 2.63. The van der Waals surface area contributed by atoms with E-state index >= 15 is 0 Å². The summed E-state index contributed by atoms with van der Waals surface area (Å²) in [6.07, 6.45) is 1.85. The average molecular weight is 233 g/mol. The Labute approximate surface area is 99.4 Å². The van der Waals surface area contributed by atoms with Crippen molar-refractivity contribution >= 4 is 16.9 Å². The van der Waals surface area contributed by atoms with Crippen LogP contribution in [0.25, 0.3) is 10.9 Å². The number of benzene rings is 1. The second-order valence-electron chi connectivity index (χ2n) is 3.80. The van der Waals surface area contributed by atoms with E-state index in [1.807, 2.05) is 35.0 Å². The first kappa shape index (κ1) is 11.7. The highest BCUT2D eigenvalue weighted by Crippen LogP contribution is 2.17. The number of aromatic nitrogens is 1. The molecule has 2 rings (SSSR count). The Balaban J connectivity index is 2.30. The number of ether oxygens (including phenoxy) is 1. The molecular formula is C13H15NO3. The molecule has 1 aromatic heterocycles. The fraction of sp³-hybridized carbons (Fsp3) is 0.308. The molecule has 4 heteroatoms. The van der Waals surface area contributed by atoms with E-state index in [2.05, 4.69) is 0 Å². The van der Waals surface area contributed by atoms with Gasteiger partial charge in [-0.05, 0) is 30.0 Å². The maximum Gasteiger partial charge on any atom is 0.325 e. The van der Waals surface area contributed by atoms with Crippen molar-refractivity contribution in [2.45, 2.75) is 20.1 Å². The second kappa shape index (κ2) is 5.01. The van der Waals surface area contributed by atoms with Gasteiger partial charge >= 0.3 is 5.97 Å². The number of hydrogen-bond acceptors (Lipinski definition) is 3. The summed E-state index contributed by atoms with van der Waals surface area (Å²) < 4.78 is 6.74. The third-order valence-corrected chi connectivity index (χ3v) is 2.63. The van der Waals surface area contributed by atoms with Crippen molar-refractivity contribution in [2.75, 3.05) is 6.61 Å². The Morgan fingerprint density at radius 3 is 2.94 bits per heavy atom. The summed E-state index contributed by atoms with van der Waals surface area (Å²) in [4.78, 5) is 11.4. The molecule has 1 aromatic carbocycles. The normalized spacial score (nSPS) is 10.7. The van der Waals surface area contributed by atoms with Crippen molar-refractivity contribution in [1.29, 1.82) is 0 Å². The van der Waals surface area contributed by atoms with Crippen molar-refractivity contribution in [2.24, 2.45) is 0 Å². The van der Waals surface area contributed by atoms with Gasteiger partial charge in [-0.25, -0.2) is 0 Å². The lowest BCUT2D eigenvalue weighted by atomic mass is 10.2. The summed E-state index contributed by atoms with van der Waals surface area (Å²) in [5.41, 5.74) is 1.77. The molecule has 4 nitrogen and oxygen atoms in total. The van der Waals surface area contributed by atoms with Crippen LogP contribution in [0.1, 0.15) is 12.5 Å². The molecule has 0 aliphatic rings. The molecule has 0 fully saturated rings. The minimum atomic E-state index is -0.251. The van der Waals surface area contributed by atoms with Crippen LogP contribution in [0, 0.1) is 0 Å². The van der Waals surface area contributed by atoms with Gasteiger partial charge in [0.05, 0.1) is 13.2 Å². The number of esters is 1. The highest BCUT2D eigenvalue weighted by Gasteiger charge is 2.07. The number of rotatable bonds is 4. The largest absolute Gasteiger partial charge is 0.465 e. The van der Waals surface area contributed by atoms with E-state index in [0.29, 0.717) is 6.61 Å². The van der Waals surface area contributed by atoms with Crippen LogP contribution in [0.15, 0.2) is 30.5 Å². The van der Waals surface area contributed by atoms with Gasteiger partial charge < -0.3 is 14.4 Å². The highest BCUT2D eigenvalue weighted by atomic mass is 16.5. The van der Waals surface area contributed by atoms with Crippen molar-refractivity contribution in [1.82, 2.24) is 4.57 Å². The smallest absolute Gasteiger partial charge is 0.325 e. The van der Waals surface area contributed by atoms with Crippen LogP contribution in [-0.4, -0.2) is 22.2 Å². The van der Waals surface area contributed by atoms with Gasteiger partial charge in [-0.1, -0.05) is 12.1 Å². The summed E-state index contributed by atoms with van der Waals surface area (Å²) in [7, 11) is 0. The van der Waals surface area contributed by atoms with Crippen LogP contribution in [-0.2, 0) is 22.7 Å². The molecule has 0 atom stereocenters. The molecule has 0 saturated carbocycles. The number of carbonyl (C=O) groups is 1. The molecule has 0 amide bonds. The first-order valence-electron chi connectivity index (χ1n) is 5.59. The van der Waals surface area contributed by atoms with Gasteiger partial charge in [0, 0.05) is 11.7 Å². The predicted molar refractivity (Wildman–Crippen MR) is 64.5 cm³/mol. The summed E-state index contributed by atoms with van der Waals surface area (Å²) >= 11 is 0. The molecule has 0 saturated heterocycles. The number of hydrogen-bond donors (Lipinski definition) is 1. The average Bonchev–Trinajstić information content (AvgIpc) is 2.72. The molecule has 0 unspecified atom stereocenters. The molecule has 0 aliphatic heterocycles. The fourth-order valence-corrected chi connectivity index (χ4v) is 1.81. The summed E-state index contributed by atoms with van der Waals surface area (Å²) in [5, 5.41) is 10.1. The van der Waals surface area contributed by atoms with Gasteiger partial charge in [0.25, 0.3) is 0 Å². The molecule has 0 aliphatic carbocycles. The highest BCUT2D eigenvalue weighted by molar-refractivity contribution is 5.82. The van der Waals surface area contributed by atoms with Crippen LogP contribution in [0.5, 0.6) is 0 Å². The topological polar surface area (TPSA) is 51.5 Å². The van der Waals surface area contributed by atoms with Gasteiger partial charge in [-0.2, -0.15) is 0 Å². The molecule has 0 radical (unpaired) electrons. The first-order chi connectivity index (χ1) is 8.24. The maximum absolute atomic E-state index is 11.4. The molecule has 90 valence electrons. The van der Waals surface area contributed by atoms with Gasteiger partial charge in [0.1, 0.15) is 6.54 Å². The standard InChI is InChI=1S/C13H15NO3/c1-2-17-13(16)8-14-6-5-11-4-3-10(9-15)7-12(11)14/h3-7,15H,2,8-9H2,1H3. The van der Waals surface area contributed by atoms with Gasteiger partial charge in [0.2, 0.25) is 0 Å². The predicted octanol–water partition coefficient (Wildman–Crippen LogP) is 1.70. The number of nitrogens with zero attached hydrogens (tertiary/aromatic N) is 1. The van der Waals surface area contributed by atoms with E-state index in [9.17, 15) is 4.79 Å². The van der Waals surface area contributed by atoms with Crippen LogP contribution in [0.4, 0.5) is 0 Å². The molecule has 2 aromatic rings. The third kappa shape index (κ3) is 2.47. The van der Waals surface area contributed by atoms with E-state index in [-0.39, 0.29) is 19.1 Å². The Hall–Kier alpha value is -1.81. The zero-order chi connectivity index (χ0) is 12.3. The minimum Gasteiger partial charge on any atom is -0.465 e. The first-order valence-corrected chi connectivity index (χ1v) is 5.59. The van der Waals surface area contributed by atoms with Crippen LogP contribution in [0.3, 0.4) is 0 Å². The van der Waals surface area contributed by atoms with Gasteiger partial charge in [-0.15, -0.1) is 0 Å². The molecule has 17 heavy (non-hydrogen) atoms. The Morgan fingerprint density at radius 1 is 1.41 bits per heavy atom. The monoisotopic (exact) mass is 233 g/mol. The lowest BCUT2D eigenvalue weighted by Crippen LogP contribution is -2.12. The van der Waals surface area contributed by atoms with E-state index in [4.69, 9.17) is 9.84 Å². The van der Waals surface area contributed by atoms with Gasteiger partial charge in [-0.3, -0.25) is 4.79 Å². The maximum atomic E-state index is 11.4. The molecule has 0 spiro atoms. The zero-order valence-corrected chi connectivity index (χ0v) is 9.72. The van der Waals surface area contributed by atoms with Crippen molar-refractivity contribution in [3.05, 3.63) is 36.0 Å². The molecular weight excluding hydrogens is 218 g/mol. The Kier molecular flexibility index (Phi) is 3.44. The quantitative estimate of drug-likeness (QED) is 0.818. The fourth-order valence-electron chi connectivity index (χ4n) is 1.81. The lowest BCUT2D eigenvalue weighted by Gasteiger charge is -2.05. The van der Waals surface area contributed by atoms with Gasteiger partial charge in [0.15, 0.2) is 0 Å². The van der Waals surface area contributed by atoms with E-state index < -0.39 is 0 Å². The Bertz CT molecular complexity index is 530. The van der Waals surface area contributed by atoms with Crippen LogP contribution >= 0.6 is 0 Å². The van der Waals surface area contributed by atoms with E-state index in [1.165, 1.54) is 0 Å². The molecule has 1 N–H and O–H groups in total. The molecule has 1 heterocycles. The van der Waals surface area contributed by atoms with Crippen LogP contribution in [0.2, 0.25) is 0 Å². The van der Waals surface area contributed by atoms with E-state index in [0.717, 1.165) is 16.5 Å². The number of aliphatic hydroxyl groups is 1. The number of carbonyl (C=O) groups excluding carboxylic acids is 1. The SMILES string of the molecule is CCOC(=O)Cn1ccc2ccc(CO)cc21.